The van der Waals surface area contributed by atoms with Gasteiger partial charge in [0.25, 0.3) is 0 Å². The second-order valence-corrected chi connectivity index (χ2v) is 7.42. The summed E-state index contributed by atoms with van der Waals surface area (Å²) in [6.07, 6.45) is 1.90. The molecule has 0 spiro atoms. The van der Waals surface area contributed by atoms with Crippen molar-refractivity contribution in [3.05, 3.63) is 58.2 Å². The average molecular weight is 412 g/mol. The fourth-order valence-electron chi connectivity index (χ4n) is 3.20. The predicted octanol–water partition coefficient (Wildman–Crippen LogP) is 5.50. The summed E-state index contributed by atoms with van der Waals surface area (Å²) < 4.78 is 58.2. The highest BCUT2D eigenvalue weighted by Crippen LogP contribution is 2.32. The number of nitrogens with one attached hydrogen (secondary N) is 1. The van der Waals surface area contributed by atoms with Crippen LogP contribution in [-0.4, -0.2) is 12.5 Å². The van der Waals surface area contributed by atoms with Crippen LogP contribution in [0.3, 0.4) is 0 Å². The fraction of sp³-hybridized carbons (Fsp3) is 0.350. The first-order chi connectivity index (χ1) is 13.3. The zero-order valence-electron chi connectivity index (χ0n) is 15.5. The number of hydrogen-bond acceptors (Lipinski definition) is 3. The minimum absolute atomic E-state index is 0.0961. The van der Waals surface area contributed by atoms with Gasteiger partial charge in [-0.25, -0.2) is 17.6 Å². The van der Waals surface area contributed by atoms with Crippen LogP contribution in [0.2, 0.25) is 0 Å². The van der Waals surface area contributed by atoms with Crippen LogP contribution in [0.25, 0.3) is 0 Å². The summed E-state index contributed by atoms with van der Waals surface area (Å²) in [7, 11) is 0. The monoisotopic (exact) mass is 412 g/mol. The van der Waals surface area contributed by atoms with Crippen molar-refractivity contribution in [3.8, 4) is 0 Å². The van der Waals surface area contributed by atoms with Gasteiger partial charge in [0.05, 0.1) is 0 Å². The SMILES string of the molecule is CCCN1C(=O)CCc2cc(NSCc3c(F)c(F)c(C)c(F)c3F)ccc21. The molecule has 1 N–H and O–H groups in total. The summed E-state index contributed by atoms with van der Waals surface area (Å²) in [4.78, 5) is 13.8. The smallest absolute Gasteiger partial charge is 0.227 e. The van der Waals surface area contributed by atoms with Crippen LogP contribution >= 0.6 is 11.9 Å². The summed E-state index contributed by atoms with van der Waals surface area (Å²) in [5, 5.41) is 0. The third-order valence-electron chi connectivity index (χ3n) is 4.71. The molecule has 0 fully saturated rings. The van der Waals surface area contributed by atoms with Gasteiger partial charge < -0.3 is 9.62 Å². The highest BCUT2D eigenvalue weighted by molar-refractivity contribution is 7.99. The lowest BCUT2D eigenvalue weighted by Gasteiger charge is -2.29. The van der Waals surface area contributed by atoms with E-state index in [4.69, 9.17) is 0 Å². The standard InChI is InChI=1S/C20H20F4N2OS/c1-3-8-26-15-6-5-13(9-12(15)4-7-16(26)27)25-28-10-14-19(23)17(21)11(2)18(22)20(14)24/h5-6,9,25H,3-4,7-8,10H2,1-2H3. The minimum atomic E-state index is -1.37. The van der Waals surface area contributed by atoms with Crippen LogP contribution in [0, 0.1) is 30.2 Å². The van der Waals surface area contributed by atoms with E-state index in [2.05, 4.69) is 4.72 Å². The van der Waals surface area contributed by atoms with E-state index in [0.717, 1.165) is 36.5 Å². The molecule has 0 aliphatic carbocycles. The van der Waals surface area contributed by atoms with Gasteiger partial charge in [-0.1, -0.05) is 6.92 Å². The normalized spacial score (nSPS) is 13.6. The van der Waals surface area contributed by atoms with E-state index in [1.165, 1.54) is 0 Å². The predicted molar refractivity (Wildman–Crippen MR) is 103 cm³/mol. The molecule has 1 aliphatic heterocycles. The number of hydrogen-bond donors (Lipinski definition) is 1. The molecule has 0 bridgehead atoms. The number of nitrogens with zero attached hydrogens (tertiary/aromatic N) is 1. The molecule has 1 aliphatic rings. The van der Waals surface area contributed by atoms with Gasteiger partial charge >= 0.3 is 0 Å². The molecule has 8 heteroatoms. The number of aryl methyl sites for hydroxylation is 1. The number of anilines is 2. The van der Waals surface area contributed by atoms with E-state index in [-0.39, 0.29) is 11.7 Å². The van der Waals surface area contributed by atoms with Crippen LogP contribution in [-0.2, 0) is 17.0 Å². The highest BCUT2D eigenvalue weighted by Gasteiger charge is 2.24. The molecule has 3 nitrogen and oxygen atoms in total. The minimum Gasteiger partial charge on any atom is -0.329 e. The van der Waals surface area contributed by atoms with Crippen LogP contribution < -0.4 is 9.62 Å². The number of fused-ring (bicyclic) bond motifs is 1. The summed E-state index contributed by atoms with van der Waals surface area (Å²) in [6.45, 7) is 3.64. The van der Waals surface area contributed by atoms with E-state index < -0.39 is 34.4 Å². The molecule has 0 saturated carbocycles. The van der Waals surface area contributed by atoms with Crippen molar-refractivity contribution in [3.63, 3.8) is 0 Å². The summed E-state index contributed by atoms with van der Waals surface area (Å²) >= 11 is 0.929. The van der Waals surface area contributed by atoms with E-state index in [9.17, 15) is 22.4 Å². The third kappa shape index (κ3) is 3.83. The number of carbonyl (C=O) groups is 1. The van der Waals surface area contributed by atoms with Crippen LogP contribution in [0.1, 0.15) is 36.5 Å². The Bertz CT molecular complexity index is 891. The lowest BCUT2D eigenvalue weighted by atomic mass is 10.0. The largest absolute Gasteiger partial charge is 0.329 e. The molecule has 0 atom stereocenters. The molecule has 0 radical (unpaired) electrons. The first-order valence-corrected chi connectivity index (χ1v) is 9.96. The van der Waals surface area contributed by atoms with Crippen LogP contribution in [0.5, 0.6) is 0 Å². The van der Waals surface area contributed by atoms with Crippen molar-refractivity contribution >= 4 is 29.2 Å². The van der Waals surface area contributed by atoms with Gasteiger partial charge in [-0.05, 0) is 55.5 Å². The van der Waals surface area contributed by atoms with Crippen molar-refractivity contribution in [2.45, 2.75) is 38.9 Å². The second-order valence-electron chi connectivity index (χ2n) is 6.64. The topological polar surface area (TPSA) is 32.3 Å². The van der Waals surface area contributed by atoms with Gasteiger partial charge in [-0.3, -0.25) is 4.79 Å². The summed E-state index contributed by atoms with van der Waals surface area (Å²) in [5.74, 6) is -5.68. The third-order valence-corrected chi connectivity index (χ3v) is 5.52. The molecule has 3 rings (SSSR count). The van der Waals surface area contributed by atoms with Gasteiger partial charge in [0.2, 0.25) is 5.91 Å². The molecule has 0 saturated heterocycles. The average Bonchev–Trinajstić information content (AvgIpc) is 2.69. The van der Waals surface area contributed by atoms with Crippen molar-refractivity contribution < 1.29 is 22.4 Å². The van der Waals surface area contributed by atoms with Gasteiger partial charge in [0.15, 0.2) is 23.3 Å². The van der Waals surface area contributed by atoms with Crippen molar-refractivity contribution in [1.29, 1.82) is 0 Å². The van der Waals surface area contributed by atoms with Crippen molar-refractivity contribution in [1.82, 2.24) is 0 Å². The lowest BCUT2D eigenvalue weighted by Crippen LogP contribution is -2.35. The highest BCUT2D eigenvalue weighted by atomic mass is 32.2. The Morgan fingerprint density at radius 1 is 1.07 bits per heavy atom. The number of rotatable bonds is 6. The number of carbonyl (C=O) groups excluding carboxylic acids is 1. The van der Waals surface area contributed by atoms with E-state index in [1.54, 1.807) is 11.0 Å². The molecule has 1 amide bonds. The summed E-state index contributed by atoms with van der Waals surface area (Å²) in [6, 6.07) is 5.47. The summed E-state index contributed by atoms with van der Waals surface area (Å²) in [5.41, 5.74) is 1.24. The Morgan fingerprint density at radius 3 is 2.39 bits per heavy atom. The van der Waals surface area contributed by atoms with E-state index in [0.29, 0.717) is 25.1 Å². The van der Waals surface area contributed by atoms with Gasteiger partial charge in [-0.15, -0.1) is 0 Å². The van der Waals surface area contributed by atoms with Crippen molar-refractivity contribution in [2.24, 2.45) is 0 Å². The van der Waals surface area contributed by atoms with Crippen molar-refractivity contribution in [2.75, 3.05) is 16.2 Å². The maximum absolute atomic E-state index is 13.9. The van der Waals surface area contributed by atoms with Crippen LogP contribution in [0.15, 0.2) is 18.2 Å². The molecule has 1 heterocycles. The Hall–Kier alpha value is -2.22. The molecule has 0 aromatic heterocycles. The van der Waals surface area contributed by atoms with Gasteiger partial charge in [-0.2, -0.15) is 0 Å². The lowest BCUT2D eigenvalue weighted by molar-refractivity contribution is -0.118. The first kappa shape index (κ1) is 20.5. The molecule has 150 valence electrons. The molecule has 2 aromatic carbocycles. The fourth-order valence-corrected chi connectivity index (χ4v) is 3.96. The number of amides is 1. The molecule has 0 unspecified atom stereocenters. The van der Waals surface area contributed by atoms with Gasteiger partial charge in [0, 0.05) is 41.2 Å². The van der Waals surface area contributed by atoms with Gasteiger partial charge in [0.1, 0.15) is 0 Å². The molecular weight excluding hydrogens is 392 g/mol. The second kappa shape index (κ2) is 8.43. The van der Waals surface area contributed by atoms with E-state index in [1.807, 2.05) is 19.1 Å². The quantitative estimate of drug-likeness (QED) is 0.386. The zero-order valence-corrected chi connectivity index (χ0v) is 16.4. The zero-order chi connectivity index (χ0) is 20.4. The Kier molecular flexibility index (Phi) is 6.17. The molecular formula is C20H20F4N2OS. The van der Waals surface area contributed by atoms with E-state index >= 15 is 0 Å². The Labute approximate surface area is 165 Å². The molecule has 2 aromatic rings. The maximum Gasteiger partial charge on any atom is 0.227 e. The maximum atomic E-state index is 13.9. The number of halogens is 4. The van der Waals surface area contributed by atoms with Crippen LogP contribution in [0.4, 0.5) is 28.9 Å². The first-order valence-electron chi connectivity index (χ1n) is 8.97. The number of benzene rings is 2. The molecule has 28 heavy (non-hydrogen) atoms. The Balaban J connectivity index is 1.73. The Morgan fingerprint density at radius 2 is 1.75 bits per heavy atom.